The van der Waals surface area contributed by atoms with Crippen LogP contribution in [0.3, 0.4) is 0 Å². The second-order valence-electron chi connectivity index (χ2n) is 5.71. The van der Waals surface area contributed by atoms with E-state index >= 15 is 0 Å². The van der Waals surface area contributed by atoms with Gasteiger partial charge in [0.2, 0.25) is 6.79 Å². The molecule has 1 aliphatic heterocycles. The molecule has 2 heterocycles. The van der Waals surface area contributed by atoms with Crippen molar-refractivity contribution in [1.29, 1.82) is 0 Å². The second-order valence-corrected chi connectivity index (χ2v) is 6.12. The zero-order valence-electron chi connectivity index (χ0n) is 14.1. The van der Waals surface area contributed by atoms with Crippen molar-refractivity contribution >= 4 is 33.9 Å². The highest BCUT2D eigenvalue weighted by Crippen LogP contribution is 2.32. The van der Waals surface area contributed by atoms with Crippen molar-refractivity contribution in [1.82, 2.24) is 10.3 Å². The molecule has 1 aliphatic rings. The Morgan fingerprint density at radius 3 is 2.96 bits per heavy atom. The Balaban J connectivity index is 1.46. The quantitative estimate of drug-likeness (QED) is 0.685. The summed E-state index contributed by atoms with van der Waals surface area (Å²) < 4.78 is 16.1. The van der Waals surface area contributed by atoms with Crippen molar-refractivity contribution in [2.24, 2.45) is 0 Å². The normalized spacial score (nSPS) is 12.0. The fraction of sp³-hybridized carbons (Fsp3) is 0.158. The molecule has 0 atom stereocenters. The molecule has 1 aromatic heterocycles. The van der Waals surface area contributed by atoms with Crippen molar-refractivity contribution in [2.45, 2.75) is 6.54 Å². The molecular formula is C19H17N3O3S. The number of hydrogen-bond donors (Lipinski definition) is 2. The Bertz CT molecular complexity index is 977. The van der Waals surface area contributed by atoms with Crippen LogP contribution in [0.1, 0.15) is 5.56 Å². The van der Waals surface area contributed by atoms with Crippen LogP contribution >= 0.6 is 12.2 Å². The van der Waals surface area contributed by atoms with E-state index in [2.05, 4.69) is 15.6 Å². The lowest BCUT2D eigenvalue weighted by molar-refractivity contribution is 0.174. The molecule has 0 unspecified atom stereocenters. The molecule has 0 saturated heterocycles. The molecule has 2 N–H and O–H groups in total. The summed E-state index contributed by atoms with van der Waals surface area (Å²) >= 11 is 5.43. The third-order valence-corrected chi connectivity index (χ3v) is 4.34. The first kappa shape index (κ1) is 16.4. The summed E-state index contributed by atoms with van der Waals surface area (Å²) in [6.07, 6.45) is 1.74. The van der Waals surface area contributed by atoms with E-state index in [9.17, 15) is 0 Å². The molecule has 7 heteroatoms. The molecule has 0 amide bonds. The number of thiocarbonyl (C=S) groups is 1. The molecule has 0 fully saturated rings. The Hall–Kier alpha value is -3.06. The molecule has 26 heavy (non-hydrogen) atoms. The van der Waals surface area contributed by atoms with Crippen LogP contribution < -0.4 is 24.8 Å². The van der Waals surface area contributed by atoms with Crippen LogP contribution in [-0.2, 0) is 6.54 Å². The van der Waals surface area contributed by atoms with Gasteiger partial charge in [0.1, 0.15) is 11.3 Å². The van der Waals surface area contributed by atoms with Crippen LogP contribution in [0.4, 0.5) is 5.69 Å². The number of methoxy groups -OCH3 is 1. The number of anilines is 1. The van der Waals surface area contributed by atoms with Gasteiger partial charge in [-0.1, -0.05) is 6.07 Å². The third-order valence-electron chi connectivity index (χ3n) is 4.09. The number of benzene rings is 2. The molecule has 2 aromatic carbocycles. The van der Waals surface area contributed by atoms with Crippen molar-refractivity contribution in [3.63, 3.8) is 0 Å². The fourth-order valence-electron chi connectivity index (χ4n) is 2.82. The van der Waals surface area contributed by atoms with Crippen molar-refractivity contribution in [2.75, 3.05) is 19.2 Å². The summed E-state index contributed by atoms with van der Waals surface area (Å²) in [6, 6.07) is 13.5. The van der Waals surface area contributed by atoms with E-state index in [4.69, 9.17) is 26.4 Å². The maximum absolute atomic E-state index is 5.43. The lowest BCUT2D eigenvalue weighted by Crippen LogP contribution is -2.28. The van der Waals surface area contributed by atoms with Crippen LogP contribution in [0.15, 0.2) is 48.7 Å². The fourth-order valence-corrected chi connectivity index (χ4v) is 3.00. The van der Waals surface area contributed by atoms with E-state index in [-0.39, 0.29) is 6.79 Å². The van der Waals surface area contributed by atoms with E-state index in [1.165, 1.54) is 0 Å². The van der Waals surface area contributed by atoms with Gasteiger partial charge in [0.05, 0.1) is 7.11 Å². The smallest absolute Gasteiger partial charge is 0.231 e. The lowest BCUT2D eigenvalue weighted by atomic mass is 10.1. The molecule has 0 radical (unpaired) electrons. The first-order valence-electron chi connectivity index (χ1n) is 8.10. The first-order valence-corrected chi connectivity index (χ1v) is 8.50. The van der Waals surface area contributed by atoms with Gasteiger partial charge in [-0.05, 0) is 54.2 Å². The highest BCUT2D eigenvalue weighted by Gasteiger charge is 2.13. The van der Waals surface area contributed by atoms with Crippen molar-refractivity contribution in [3.8, 4) is 17.2 Å². The number of nitrogens with zero attached hydrogens (tertiary/aromatic N) is 1. The summed E-state index contributed by atoms with van der Waals surface area (Å²) in [5.41, 5.74) is 2.72. The predicted molar refractivity (Wildman–Crippen MR) is 104 cm³/mol. The predicted octanol–water partition coefficient (Wildman–Crippen LogP) is 3.46. The SMILES string of the molecule is COc1ccc(NC(=S)NCc2ccc3c(c2)OCO3)c2cccnc12. The van der Waals surface area contributed by atoms with Crippen LogP contribution in [0.25, 0.3) is 10.9 Å². The number of ether oxygens (including phenoxy) is 3. The number of hydrogen-bond acceptors (Lipinski definition) is 5. The lowest BCUT2D eigenvalue weighted by Gasteiger charge is -2.14. The standard InChI is InChI=1S/C19H17N3O3S/c1-23-16-7-5-14(13-3-2-8-20-18(13)16)22-19(26)21-10-12-4-6-15-17(9-12)25-11-24-15/h2-9H,10-11H2,1H3,(H2,21,22,26). The van der Waals surface area contributed by atoms with Crippen LogP contribution in [0.2, 0.25) is 0 Å². The van der Waals surface area contributed by atoms with Crippen LogP contribution in [0.5, 0.6) is 17.2 Å². The first-order chi connectivity index (χ1) is 12.7. The van der Waals surface area contributed by atoms with Crippen LogP contribution in [-0.4, -0.2) is 24.0 Å². The summed E-state index contributed by atoms with van der Waals surface area (Å²) in [7, 11) is 1.63. The summed E-state index contributed by atoms with van der Waals surface area (Å²) in [4.78, 5) is 4.39. The molecule has 4 rings (SSSR count). The molecular weight excluding hydrogens is 350 g/mol. The van der Waals surface area contributed by atoms with Crippen molar-refractivity contribution < 1.29 is 14.2 Å². The van der Waals surface area contributed by atoms with Gasteiger partial charge in [-0.15, -0.1) is 0 Å². The van der Waals surface area contributed by atoms with Gasteiger partial charge in [0, 0.05) is 23.8 Å². The Labute approximate surface area is 156 Å². The maximum atomic E-state index is 5.43. The molecule has 0 aliphatic carbocycles. The Morgan fingerprint density at radius 2 is 2.08 bits per heavy atom. The Morgan fingerprint density at radius 1 is 1.19 bits per heavy atom. The van der Waals surface area contributed by atoms with E-state index in [1.54, 1.807) is 13.3 Å². The monoisotopic (exact) mass is 367 g/mol. The summed E-state index contributed by atoms with van der Waals surface area (Å²) in [6.45, 7) is 0.847. The van der Waals surface area contributed by atoms with Gasteiger partial charge >= 0.3 is 0 Å². The van der Waals surface area contributed by atoms with Crippen LogP contribution in [0, 0.1) is 0 Å². The summed E-state index contributed by atoms with van der Waals surface area (Å²) in [5.74, 6) is 2.26. The number of pyridine rings is 1. The highest BCUT2D eigenvalue weighted by atomic mass is 32.1. The average molecular weight is 367 g/mol. The highest BCUT2D eigenvalue weighted by molar-refractivity contribution is 7.80. The van der Waals surface area contributed by atoms with Crippen molar-refractivity contribution in [3.05, 3.63) is 54.2 Å². The molecule has 0 saturated carbocycles. The van der Waals surface area contributed by atoms with Gasteiger partial charge < -0.3 is 24.8 Å². The van der Waals surface area contributed by atoms with Gasteiger partial charge in [0.25, 0.3) is 0 Å². The minimum absolute atomic E-state index is 0.269. The Kier molecular flexibility index (Phi) is 4.45. The molecule has 6 nitrogen and oxygen atoms in total. The van der Waals surface area contributed by atoms with Gasteiger partial charge in [-0.25, -0.2) is 0 Å². The molecule has 0 spiro atoms. The van der Waals surface area contributed by atoms with E-state index in [0.717, 1.165) is 39.4 Å². The topological polar surface area (TPSA) is 64.6 Å². The number of nitrogens with one attached hydrogen (secondary N) is 2. The minimum atomic E-state index is 0.269. The average Bonchev–Trinajstić information content (AvgIpc) is 3.14. The summed E-state index contributed by atoms with van der Waals surface area (Å²) in [5, 5.41) is 7.90. The third kappa shape index (κ3) is 3.21. The second kappa shape index (κ2) is 7.05. The maximum Gasteiger partial charge on any atom is 0.231 e. The minimum Gasteiger partial charge on any atom is -0.494 e. The van der Waals surface area contributed by atoms with Gasteiger partial charge in [-0.3, -0.25) is 4.98 Å². The zero-order valence-corrected chi connectivity index (χ0v) is 14.9. The van der Waals surface area contributed by atoms with Gasteiger partial charge in [0.15, 0.2) is 16.6 Å². The largest absolute Gasteiger partial charge is 0.494 e. The number of aromatic nitrogens is 1. The number of rotatable bonds is 4. The van der Waals surface area contributed by atoms with E-state index < -0.39 is 0 Å². The van der Waals surface area contributed by atoms with E-state index in [0.29, 0.717) is 11.7 Å². The van der Waals surface area contributed by atoms with Gasteiger partial charge in [-0.2, -0.15) is 0 Å². The molecule has 0 bridgehead atoms. The zero-order chi connectivity index (χ0) is 17.9. The number of fused-ring (bicyclic) bond motifs is 2. The van der Waals surface area contributed by atoms with E-state index in [1.807, 2.05) is 42.5 Å². The molecule has 3 aromatic rings. The molecule has 132 valence electrons.